The number of rotatable bonds is 1. The van der Waals surface area contributed by atoms with Crippen molar-refractivity contribution in [2.45, 2.75) is 6.92 Å². The van der Waals surface area contributed by atoms with Crippen LogP contribution < -0.4 is 10.5 Å². The van der Waals surface area contributed by atoms with E-state index < -0.39 is 6.09 Å². The third-order valence-corrected chi connectivity index (χ3v) is 1.39. The highest BCUT2D eigenvalue weighted by Crippen LogP contribution is 2.10. The normalized spacial score (nSPS) is 9.64. The summed E-state index contributed by atoms with van der Waals surface area (Å²) in [6.07, 6.45) is -0.498. The molecule has 2 N–H and O–H groups in total. The fourth-order valence-corrected chi connectivity index (χ4v) is 0.795. The predicted molar refractivity (Wildman–Crippen MR) is 50.9 cm³/mol. The Labute approximate surface area is 81.7 Å². The van der Waals surface area contributed by atoms with Crippen LogP contribution in [0, 0.1) is 6.92 Å². The van der Waals surface area contributed by atoms with Gasteiger partial charge in [-0.2, -0.15) is 4.98 Å². The molecule has 0 radical (unpaired) electrons. The van der Waals surface area contributed by atoms with Crippen LogP contribution in [0.2, 0.25) is 0 Å². The van der Waals surface area contributed by atoms with Gasteiger partial charge in [0.2, 0.25) is 5.88 Å². The topological polar surface area (TPSA) is 81.3 Å². The minimum absolute atomic E-state index is 0.161. The molecule has 0 saturated heterocycles. The number of carbonyl (C=O) groups is 1. The Morgan fingerprint density at radius 1 is 1.50 bits per heavy atom. The van der Waals surface area contributed by atoms with Crippen LogP contribution in [-0.2, 0) is 0 Å². The summed E-state index contributed by atoms with van der Waals surface area (Å²) in [5.41, 5.74) is 5.46. The highest BCUT2D eigenvalue weighted by Gasteiger charge is 2.08. The molecule has 0 fully saturated rings. The van der Waals surface area contributed by atoms with Crippen molar-refractivity contribution in [1.29, 1.82) is 0 Å². The maximum Gasteiger partial charge on any atom is 0.416 e. The van der Waals surface area contributed by atoms with Crippen LogP contribution in [0.15, 0.2) is 6.07 Å². The summed E-state index contributed by atoms with van der Waals surface area (Å²) in [6, 6.07) is 1.40. The molecule has 0 saturated carbocycles. The lowest BCUT2D eigenvalue weighted by molar-refractivity contribution is 0.170. The smallest absolute Gasteiger partial charge is 0.391 e. The molecular weight excluding hydrogens is 184 g/mol. The summed E-state index contributed by atoms with van der Waals surface area (Å²) in [5.74, 6) is 0.902. The van der Waals surface area contributed by atoms with Crippen molar-refractivity contribution in [2.75, 3.05) is 19.8 Å². The second-order valence-corrected chi connectivity index (χ2v) is 2.94. The summed E-state index contributed by atoms with van der Waals surface area (Å²) in [7, 11) is 3.17. The van der Waals surface area contributed by atoms with Crippen molar-refractivity contribution in [3.05, 3.63) is 11.9 Å². The van der Waals surface area contributed by atoms with Gasteiger partial charge in [-0.25, -0.2) is 9.78 Å². The van der Waals surface area contributed by atoms with Gasteiger partial charge < -0.3 is 15.4 Å². The third kappa shape index (κ3) is 2.58. The Balaban J connectivity index is 2.82. The Hall–Kier alpha value is -1.85. The molecule has 0 atom stereocenters. The van der Waals surface area contributed by atoms with Gasteiger partial charge in [0.15, 0.2) is 0 Å². The molecule has 1 amide bonds. The average Bonchev–Trinajstić information content (AvgIpc) is 2.01. The van der Waals surface area contributed by atoms with Gasteiger partial charge in [-0.3, -0.25) is 0 Å². The van der Waals surface area contributed by atoms with Gasteiger partial charge in [0, 0.05) is 20.2 Å². The van der Waals surface area contributed by atoms with E-state index in [1.807, 2.05) is 0 Å². The summed E-state index contributed by atoms with van der Waals surface area (Å²) in [4.78, 5) is 20.2. The monoisotopic (exact) mass is 196 g/mol. The molecular formula is C8H12N4O2. The summed E-state index contributed by atoms with van der Waals surface area (Å²) < 4.78 is 4.89. The van der Waals surface area contributed by atoms with Crippen LogP contribution in [0.5, 0.6) is 5.88 Å². The molecule has 1 rings (SSSR count). The Kier molecular flexibility index (Phi) is 2.85. The minimum atomic E-state index is -0.498. The van der Waals surface area contributed by atoms with E-state index in [0.717, 1.165) is 0 Å². The fraction of sp³-hybridized carbons (Fsp3) is 0.375. The molecule has 0 aliphatic rings. The van der Waals surface area contributed by atoms with Crippen molar-refractivity contribution < 1.29 is 9.53 Å². The van der Waals surface area contributed by atoms with Crippen LogP contribution in [0.1, 0.15) is 5.82 Å². The van der Waals surface area contributed by atoms with Gasteiger partial charge in [0.1, 0.15) is 11.6 Å². The zero-order chi connectivity index (χ0) is 10.7. The number of ether oxygens (including phenoxy) is 1. The molecule has 0 aromatic carbocycles. The first-order valence-electron chi connectivity index (χ1n) is 3.99. The molecule has 6 nitrogen and oxygen atoms in total. The SMILES string of the molecule is Cc1nc(N)cc(OC(=O)N(C)C)n1. The van der Waals surface area contributed by atoms with Gasteiger partial charge in [-0.15, -0.1) is 0 Å². The maximum atomic E-state index is 11.1. The lowest BCUT2D eigenvalue weighted by Gasteiger charge is -2.10. The van der Waals surface area contributed by atoms with E-state index in [2.05, 4.69) is 9.97 Å². The van der Waals surface area contributed by atoms with E-state index in [4.69, 9.17) is 10.5 Å². The lowest BCUT2D eigenvalue weighted by atomic mass is 10.5. The molecule has 14 heavy (non-hydrogen) atoms. The van der Waals surface area contributed by atoms with E-state index in [0.29, 0.717) is 5.82 Å². The zero-order valence-electron chi connectivity index (χ0n) is 8.31. The molecule has 1 aromatic heterocycles. The van der Waals surface area contributed by atoms with Gasteiger partial charge in [0.05, 0.1) is 0 Å². The van der Waals surface area contributed by atoms with Gasteiger partial charge >= 0.3 is 6.09 Å². The fourth-order valence-electron chi connectivity index (χ4n) is 0.795. The van der Waals surface area contributed by atoms with Gasteiger partial charge in [-0.05, 0) is 6.92 Å². The molecule has 1 aromatic rings. The van der Waals surface area contributed by atoms with E-state index in [-0.39, 0.29) is 11.7 Å². The second-order valence-electron chi connectivity index (χ2n) is 2.94. The van der Waals surface area contributed by atoms with Crippen LogP contribution in [0.3, 0.4) is 0 Å². The number of anilines is 1. The minimum Gasteiger partial charge on any atom is -0.391 e. The van der Waals surface area contributed by atoms with Crippen molar-refractivity contribution in [1.82, 2.24) is 14.9 Å². The number of nitrogen functional groups attached to an aromatic ring is 1. The molecule has 0 aliphatic carbocycles. The van der Waals surface area contributed by atoms with Crippen molar-refractivity contribution >= 4 is 11.9 Å². The van der Waals surface area contributed by atoms with Gasteiger partial charge in [-0.1, -0.05) is 0 Å². The number of amides is 1. The van der Waals surface area contributed by atoms with Crippen LogP contribution in [-0.4, -0.2) is 35.1 Å². The van der Waals surface area contributed by atoms with E-state index in [1.54, 1.807) is 21.0 Å². The zero-order valence-corrected chi connectivity index (χ0v) is 8.31. The average molecular weight is 196 g/mol. The maximum absolute atomic E-state index is 11.1. The first-order chi connectivity index (χ1) is 6.49. The van der Waals surface area contributed by atoms with E-state index in [1.165, 1.54) is 11.0 Å². The standard InChI is InChI=1S/C8H12N4O2/c1-5-10-6(9)4-7(11-5)14-8(13)12(2)3/h4H,1-3H3,(H2,9,10,11). The molecule has 0 spiro atoms. The number of aromatic nitrogens is 2. The highest BCUT2D eigenvalue weighted by molar-refractivity contribution is 5.69. The quantitative estimate of drug-likeness (QED) is 0.704. The lowest BCUT2D eigenvalue weighted by Crippen LogP contribution is -2.25. The van der Waals surface area contributed by atoms with Crippen LogP contribution >= 0.6 is 0 Å². The number of carbonyl (C=O) groups excluding carboxylic acids is 1. The van der Waals surface area contributed by atoms with Crippen LogP contribution in [0.25, 0.3) is 0 Å². The first kappa shape index (κ1) is 10.2. The Morgan fingerprint density at radius 2 is 2.14 bits per heavy atom. The van der Waals surface area contributed by atoms with E-state index >= 15 is 0 Å². The predicted octanol–water partition coefficient (Wildman–Crippen LogP) is 0.428. The van der Waals surface area contributed by atoms with Crippen molar-refractivity contribution in [3.8, 4) is 5.88 Å². The van der Waals surface area contributed by atoms with Gasteiger partial charge in [0.25, 0.3) is 0 Å². The molecule has 6 heteroatoms. The summed E-state index contributed by atoms with van der Waals surface area (Å²) in [6.45, 7) is 1.67. The molecule has 0 bridgehead atoms. The number of aryl methyl sites for hydroxylation is 1. The van der Waals surface area contributed by atoms with Crippen LogP contribution in [0.4, 0.5) is 10.6 Å². The number of nitrogens with zero attached hydrogens (tertiary/aromatic N) is 3. The Morgan fingerprint density at radius 3 is 2.64 bits per heavy atom. The summed E-state index contributed by atoms with van der Waals surface area (Å²) in [5, 5.41) is 0. The number of nitrogens with two attached hydrogens (primary N) is 1. The number of hydrogen-bond donors (Lipinski definition) is 1. The first-order valence-corrected chi connectivity index (χ1v) is 3.99. The Bertz CT molecular complexity index is 331. The number of hydrogen-bond acceptors (Lipinski definition) is 5. The van der Waals surface area contributed by atoms with E-state index in [9.17, 15) is 4.79 Å². The van der Waals surface area contributed by atoms with Crippen molar-refractivity contribution in [2.24, 2.45) is 0 Å². The molecule has 1 heterocycles. The molecule has 0 aliphatic heterocycles. The summed E-state index contributed by atoms with van der Waals surface area (Å²) >= 11 is 0. The molecule has 0 unspecified atom stereocenters. The highest BCUT2D eigenvalue weighted by atomic mass is 16.6. The molecule has 76 valence electrons. The van der Waals surface area contributed by atoms with Crippen molar-refractivity contribution in [3.63, 3.8) is 0 Å². The third-order valence-electron chi connectivity index (χ3n) is 1.39. The largest absolute Gasteiger partial charge is 0.416 e. The second kappa shape index (κ2) is 3.91.